The molecule has 0 aromatic rings. The number of rotatable bonds is 10. The van der Waals surface area contributed by atoms with E-state index in [4.69, 9.17) is 5.73 Å². The number of aliphatic hydroxyl groups is 2. The van der Waals surface area contributed by atoms with Gasteiger partial charge < -0.3 is 20.8 Å². The second-order valence-electron chi connectivity index (χ2n) is 7.86. The quantitative estimate of drug-likeness (QED) is 0.579. The Hall–Kier alpha value is -0.810. The zero-order valence-corrected chi connectivity index (χ0v) is 15.2. The van der Waals surface area contributed by atoms with Gasteiger partial charge in [-0.25, -0.2) is 4.79 Å². The molecule has 0 aromatic carbocycles. The van der Waals surface area contributed by atoms with Gasteiger partial charge in [-0.15, -0.1) is 0 Å². The molecule has 5 nitrogen and oxygen atoms in total. The molecule has 0 aliphatic rings. The van der Waals surface area contributed by atoms with Crippen LogP contribution in [0, 0.1) is 10.8 Å². The van der Waals surface area contributed by atoms with Gasteiger partial charge in [0.05, 0.1) is 12.2 Å². The maximum atomic E-state index is 11.5. The summed E-state index contributed by atoms with van der Waals surface area (Å²) in [6.07, 6.45) is 2.57. The van der Waals surface area contributed by atoms with E-state index in [1.807, 2.05) is 27.7 Å². The molecule has 0 aliphatic carbocycles. The molecule has 0 saturated heterocycles. The first kappa shape index (κ1) is 21.2. The topological polar surface area (TPSA) is 86.8 Å². The second kappa shape index (κ2) is 8.73. The third-order valence-electron chi connectivity index (χ3n) is 5.07. The summed E-state index contributed by atoms with van der Waals surface area (Å²) < 4.78 is 0. The van der Waals surface area contributed by atoms with Crippen molar-refractivity contribution in [2.24, 2.45) is 16.6 Å². The van der Waals surface area contributed by atoms with Crippen LogP contribution < -0.4 is 5.73 Å². The summed E-state index contributed by atoms with van der Waals surface area (Å²) in [6.45, 7) is 12.9. The van der Waals surface area contributed by atoms with E-state index in [2.05, 4.69) is 0 Å². The number of amides is 2. The molecule has 0 aliphatic heterocycles. The van der Waals surface area contributed by atoms with Crippen LogP contribution in [0.4, 0.5) is 4.79 Å². The summed E-state index contributed by atoms with van der Waals surface area (Å²) in [6, 6.07) is -0.398. The first-order valence-corrected chi connectivity index (χ1v) is 8.30. The Balaban J connectivity index is 4.27. The second-order valence-corrected chi connectivity index (χ2v) is 7.86. The van der Waals surface area contributed by atoms with Crippen molar-refractivity contribution in [3.05, 3.63) is 0 Å². The van der Waals surface area contributed by atoms with Gasteiger partial charge in [0, 0.05) is 13.1 Å². The van der Waals surface area contributed by atoms with Crippen molar-refractivity contribution in [3.63, 3.8) is 0 Å². The van der Waals surface area contributed by atoms with Crippen molar-refractivity contribution in [1.29, 1.82) is 0 Å². The summed E-state index contributed by atoms with van der Waals surface area (Å²) in [5.41, 5.74) is 5.13. The maximum absolute atomic E-state index is 11.5. The third kappa shape index (κ3) is 7.45. The Labute approximate surface area is 135 Å². The first-order valence-electron chi connectivity index (χ1n) is 8.30. The van der Waals surface area contributed by atoms with Gasteiger partial charge in [0.15, 0.2) is 0 Å². The zero-order valence-electron chi connectivity index (χ0n) is 15.2. The van der Waals surface area contributed by atoms with Crippen LogP contribution in [-0.4, -0.2) is 46.4 Å². The van der Waals surface area contributed by atoms with Gasteiger partial charge in [0.1, 0.15) is 0 Å². The van der Waals surface area contributed by atoms with E-state index in [-0.39, 0.29) is 23.0 Å². The monoisotopic (exact) mass is 316 g/mol. The van der Waals surface area contributed by atoms with Gasteiger partial charge in [-0.3, -0.25) is 0 Å². The van der Waals surface area contributed by atoms with E-state index in [0.717, 1.165) is 25.7 Å². The minimum atomic E-state index is -0.398. The number of primary amides is 1. The minimum absolute atomic E-state index is 0.155. The Bertz CT molecular complexity index is 313. The van der Waals surface area contributed by atoms with Gasteiger partial charge in [-0.1, -0.05) is 27.7 Å². The lowest BCUT2D eigenvalue weighted by Gasteiger charge is -2.31. The average Bonchev–Trinajstić information content (AvgIpc) is 2.35. The SMILES string of the molecule is CC(O)C(C)(C)CCCN(CCCC(C)(C)C(C)O)C(N)=O. The molecular formula is C17H36N2O3. The number of aliphatic hydroxyl groups excluding tert-OH is 2. The molecule has 0 radical (unpaired) electrons. The highest BCUT2D eigenvalue weighted by molar-refractivity contribution is 5.71. The van der Waals surface area contributed by atoms with Crippen LogP contribution in [0.3, 0.4) is 0 Å². The average molecular weight is 316 g/mol. The number of carbonyl (C=O) groups is 1. The fourth-order valence-corrected chi connectivity index (χ4v) is 2.20. The summed E-state index contributed by atoms with van der Waals surface area (Å²) >= 11 is 0. The Kier molecular flexibility index (Phi) is 8.40. The molecule has 0 aromatic heterocycles. The smallest absolute Gasteiger partial charge is 0.314 e. The van der Waals surface area contributed by atoms with Crippen molar-refractivity contribution in [2.75, 3.05) is 13.1 Å². The van der Waals surface area contributed by atoms with Gasteiger partial charge in [0.25, 0.3) is 0 Å². The normalized spacial score (nSPS) is 15.5. The van der Waals surface area contributed by atoms with Crippen LogP contribution >= 0.6 is 0 Å². The van der Waals surface area contributed by atoms with Crippen molar-refractivity contribution < 1.29 is 15.0 Å². The van der Waals surface area contributed by atoms with Crippen molar-refractivity contribution in [1.82, 2.24) is 4.90 Å². The van der Waals surface area contributed by atoms with E-state index >= 15 is 0 Å². The molecule has 0 rings (SSSR count). The molecule has 132 valence electrons. The van der Waals surface area contributed by atoms with Gasteiger partial charge >= 0.3 is 6.03 Å². The molecule has 2 amide bonds. The highest BCUT2D eigenvalue weighted by Gasteiger charge is 2.25. The highest BCUT2D eigenvalue weighted by atomic mass is 16.3. The maximum Gasteiger partial charge on any atom is 0.314 e. The Morgan fingerprint density at radius 2 is 1.27 bits per heavy atom. The number of nitrogens with zero attached hydrogens (tertiary/aromatic N) is 1. The molecular weight excluding hydrogens is 280 g/mol. The van der Waals surface area contributed by atoms with E-state index in [1.54, 1.807) is 18.7 Å². The van der Waals surface area contributed by atoms with E-state index in [0.29, 0.717) is 13.1 Å². The molecule has 0 bridgehead atoms. The first-order chi connectivity index (χ1) is 9.90. The lowest BCUT2D eigenvalue weighted by molar-refractivity contribution is 0.0536. The van der Waals surface area contributed by atoms with Gasteiger partial charge in [-0.2, -0.15) is 0 Å². The third-order valence-corrected chi connectivity index (χ3v) is 5.07. The summed E-state index contributed by atoms with van der Waals surface area (Å²) in [5, 5.41) is 19.4. The number of nitrogens with two attached hydrogens (primary N) is 1. The molecule has 2 unspecified atom stereocenters. The van der Waals surface area contributed by atoms with Crippen molar-refractivity contribution >= 4 is 6.03 Å². The van der Waals surface area contributed by atoms with E-state index in [9.17, 15) is 15.0 Å². The van der Waals surface area contributed by atoms with Gasteiger partial charge in [-0.05, 0) is 50.4 Å². The van der Waals surface area contributed by atoms with Crippen LogP contribution in [-0.2, 0) is 0 Å². The Morgan fingerprint density at radius 1 is 0.955 bits per heavy atom. The standard InChI is InChI=1S/C17H36N2O3/c1-13(20)16(3,4)9-7-11-19(15(18)22)12-8-10-17(5,6)14(2)21/h13-14,20-21H,7-12H2,1-6H3,(H2,18,22). The molecule has 0 heterocycles. The van der Waals surface area contributed by atoms with Crippen molar-refractivity contribution in [2.45, 2.75) is 79.4 Å². The summed E-state index contributed by atoms with van der Waals surface area (Å²) in [4.78, 5) is 13.2. The summed E-state index contributed by atoms with van der Waals surface area (Å²) in [7, 11) is 0. The van der Waals surface area contributed by atoms with Crippen LogP contribution in [0.25, 0.3) is 0 Å². The number of carbonyl (C=O) groups excluding carboxylic acids is 1. The fourth-order valence-electron chi connectivity index (χ4n) is 2.20. The lowest BCUT2D eigenvalue weighted by atomic mass is 9.82. The van der Waals surface area contributed by atoms with Crippen molar-refractivity contribution in [3.8, 4) is 0 Å². The number of urea groups is 1. The number of hydrogen-bond donors (Lipinski definition) is 3. The minimum Gasteiger partial charge on any atom is -0.393 e. The van der Waals surface area contributed by atoms with Crippen LogP contribution in [0.1, 0.15) is 67.2 Å². The number of hydrogen-bond acceptors (Lipinski definition) is 3. The fraction of sp³-hybridized carbons (Fsp3) is 0.941. The molecule has 5 heteroatoms. The molecule has 0 saturated carbocycles. The van der Waals surface area contributed by atoms with Crippen LogP contribution in [0.2, 0.25) is 0 Å². The summed E-state index contributed by atoms with van der Waals surface area (Å²) in [5.74, 6) is 0. The molecule has 4 N–H and O–H groups in total. The molecule has 22 heavy (non-hydrogen) atoms. The van der Waals surface area contributed by atoms with Crippen LogP contribution in [0.15, 0.2) is 0 Å². The molecule has 2 atom stereocenters. The highest BCUT2D eigenvalue weighted by Crippen LogP contribution is 2.28. The predicted octanol–water partition coefficient (Wildman–Crippen LogP) is 2.74. The largest absolute Gasteiger partial charge is 0.393 e. The molecule has 0 spiro atoms. The Morgan fingerprint density at radius 3 is 1.50 bits per heavy atom. The molecule has 0 fully saturated rings. The zero-order chi connectivity index (χ0) is 17.6. The van der Waals surface area contributed by atoms with E-state index in [1.165, 1.54) is 0 Å². The van der Waals surface area contributed by atoms with Gasteiger partial charge in [0.2, 0.25) is 0 Å². The van der Waals surface area contributed by atoms with Crippen LogP contribution in [0.5, 0.6) is 0 Å². The predicted molar refractivity (Wildman–Crippen MR) is 90.5 cm³/mol. The lowest BCUT2D eigenvalue weighted by Crippen LogP contribution is -2.38. The van der Waals surface area contributed by atoms with E-state index < -0.39 is 6.03 Å².